The molecule has 3 rings (SSSR count). The summed E-state index contributed by atoms with van der Waals surface area (Å²) >= 11 is 0. The highest BCUT2D eigenvalue weighted by molar-refractivity contribution is 6.03. The normalized spacial score (nSPS) is 10.5. The molecule has 0 atom stereocenters. The monoisotopic (exact) mass is 339 g/mol. The lowest BCUT2D eigenvalue weighted by molar-refractivity contribution is 0.0996. The maximum atomic E-state index is 12.5. The fourth-order valence-corrected chi connectivity index (χ4v) is 2.52. The number of hydrogen-bond donors (Lipinski definition) is 1. The number of fused-ring (bicyclic) bond motifs is 1. The molecule has 6 nitrogen and oxygen atoms in total. The van der Waals surface area contributed by atoms with E-state index in [4.69, 9.17) is 13.9 Å². The number of amides is 1. The van der Waals surface area contributed by atoms with Crippen molar-refractivity contribution in [3.63, 3.8) is 0 Å². The first-order chi connectivity index (χ1) is 12.0. The lowest BCUT2D eigenvalue weighted by atomic mass is 10.1. The van der Waals surface area contributed by atoms with Crippen molar-refractivity contribution in [2.24, 2.45) is 0 Å². The van der Waals surface area contributed by atoms with Crippen LogP contribution in [0.15, 0.2) is 51.7 Å². The van der Waals surface area contributed by atoms with Crippen LogP contribution >= 0.6 is 0 Å². The van der Waals surface area contributed by atoms with E-state index in [1.165, 1.54) is 13.2 Å². The van der Waals surface area contributed by atoms with Gasteiger partial charge in [-0.15, -0.1) is 0 Å². The van der Waals surface area contributed by atoms with E-state index < -0.39 is 5.91 Å². The Hall–Kier alpha value is -3.28. The van der Waals surface area contributed by atoms with Crippen molar-refractivity contribution < 1.29 is 18.7 Å². The number of aryl methyl sites for hydroxylation is 1. The summed E-state index contributed by atoms with van der Waals surface area (Å²) in [7, 11) is 3.03. The fourth-order valence-electron chi connectivity index (χ4n) is 2.52. The van der Waals surface area contributed by atoms with E-state index in [9.17, 15) is 9.59 Å². The molecule has 128 valence electrons. The molecule has 2 aromatic carbocycles. The highest BCUT2D eigenvalue weighted by Gasteiger charge is 2.15. The minimum atomic E-state index is -0.536. The molecule has 3 aromatic rings. The molecule has 1 aromatic heterocycles. The third-order valence-electron chi connectivity index (χ3n) is 3.83. The highest BCUT2D eigenvalue weighted by atomic mass is 16.5. The van der Waals surface area contributed by atoms with Crippen molar-refractivity contribution in [1.29, 1.82) is 0 Å². The van der Waals surface area contributed by atoms with Crippen LogP contribution < -0.4 is 20.2 Å². The van der Waals surface area contributed by atoms with Crippen molar-refractivity contribution in [2.45, 2.75) is 6.92 Å². The van der Waals surface area contributed by atoms with Crippen molar-refractivity contribution >= 4 is 22.6 Å². The number of nitrogens with one attached hydrogen (secondary N) is 1. The molecule has 1 heterocycles. The van der Waals surface area contributed by atoms with Crippen LogP contribution in [0, 0.1) is 6.92 Å². The number of ether oxygens (including phenoxy) is 2. The van der Waals surface area contributed by atoms with Crippen molar-refractivity contribution in [3.8, 4) is 11.5 Å². The second-order valence-corrected chi connectivity index (χ2v) is 5.45. The molecule has 6 heteroatoms. The molecular formula is C19H17NO5. The summed E-state index contributed by atoms with van der Waals surface area (Å²) in [6.45, 7) is 1.82. The third-order valence-corrected chi connectivity index (χ3v) is 3.83. The van der Waals surface area contributed by atoms with Crippen LogP contribution in [0.3, 0.4) is 0 Å². The smallest absolute Gasteiger partial charge is 0.291 e. The van der Waals surface area contributed by atoms with Gasteiger partial charge in [-0.25, -0.2) is 0 Å². The zero-order chi connectivity index (χ0) is 18.0. The van der Waals surface area contributed by atoms with E-state index in [0.717, 1.165) is 5.56 Å². The van der Waals surface area contributed by atoms with Gasteiger partial charge in [0.25, 0.3) is 5.91 Å². The van der Waals surface area contributed by atoms with Crippen LogP contribution in [0.4, 0.5) is 5.69 Å². The van der Waals surface area contributed by atoms with E-state index in [-0.39, 0.29) is 11.2 Å². The quantitative estimate of drug-likeness (QED) is 0.788. The Balaban J connectivity index is 1.98. The lowest BCUT2D eigenvalue weighted by Gasteiger charge is -2.11. The van der Waals surface area contributed by atoms with Gasteiger partial charge in [-0.1, -0.05) is 12.1 Å². The standard InChI is InChI=1S/C19H17NO5/c1-11-5-4-6-13-15(21)10-17(25-18(11)13)19(22)20-14-8-7-12(23-2)9-16(14)24-3/h4-10H,1-3H3,(H,20,22). The summed E-state index contributed by atoms with van der Waals surface area (Å²) in [4.78, 5) is 24.7. The van der Waals surface area contributed by atoms with E-state index >= 15 is 0 Å². The molecule has 1 amide bonds. The molecule has 0 bridgehead atoms. The summed E-state index contributed by atoms with van der Waals surface area (Å²) in [6, 6.07) is 11.4. The maximum absolute atomic E-state index is 12.5. The molecule has 25 heavy (non-hydrogen) atoms. The second kappa shape index (κ2) is 6.68. The van der Waals surface area contributed by atoms with Crippen LogP contribution in [-0.4, -0.2) is 20.1 Å². The summed E-state index contributed by atoms with van der Waals surface area (Å²) in [5.74, 6) is 0.435. The Kier molecular flexibility index (Phi) is 4.43. The van der Waals surface area contributed by atoms with Gasteiger partial charge in [-0.05, 0) is 30.7 Å². The Morgan fingerprint density at radius 3 is 2.60 bits per heavy atom. The lowest BCUT2D eigenvalue weighted by Crippen LogP contribution is -2.15. The van der Waals surface area contributed by atoms with E-state index in [1.54, 1.807) is 37.4 Å². The largest absolute Gasteiger partial charge is 0.497 e. The molecule has 1 N–H and O–H groups in total. The molecule has 0 saturated carbocycles. The summed E-state index contributed by atoms with van der Waals surface area (Å²) in [5, 5.41) is 3.13. The van der Waals surface area contributed by atoms with Gasteiger partial charge >= 0.3 is 0 Å². The number of carbonyl (C=O) groups is 1. The van der Waals surface area contributed by atoms with Gasteiger partial charge in [0.1, 0.15) is 17.1 Å². The SMILES string of the molecule is COc1ccc(NC(=O)c2cc(=O)c3cccc(C)c3o2)c(OC)c1. The predicted octanol–water partition coefficient (Wildman–Crippen LogP) is 3.37. The van der Waals surface area contributed by atoms with Crippen molar-refractivity contribution in [1.82, 2.24) is 0 Å². The van der Waals surface area contributed by atoms with Gasteiger partial charge in [0.2, 0.25) is 0 Å². The van der Waals surface area contributed by atoms with Gasteiger partial charge in [0.15, 0.2) is 11.2 Å². The van der Waals surface area contributed by atoms with E-state index in [0.29, 0.717) is 28.2 Å². The Morgan fingerprint density at radius 2 is 1.88 bits per heavy atom. The molecule has 0 aliphatic carbocycles. The summed E-state index contributed by atoms with van der Waals surface area (Å²) < 4.78 is 16.0. The molecule has 0 fully saturated rings. The zero-order valence-electron chi connectivity index (χ0n) is 14.1. The van der Waals surface area contributed by atoms with Gasteiger partial charge in [0.05, 0.1) is 25.3 Å². The molecule has 0 radical (unpaired) electrons. The van der Waals surface area contributed by atoms with Crippen LogP contribution in [0.5, 0.6) is 11.5 Å². The van der Waals surface area contributed by atoms with Crippen LogP contribution in [0.2, 0.25) is 0 Å². The Bertz CT molecular complexity index is 1010. The van der Waals surface area contributed by atoms with Crippen molar-refractivity contribution in [3.05, 3.63) is 64.0 Å². The van der Waals surface area contributed by atoms with Crippen LogP contribution in [0.1, 0.15) is 16.1 Å². The number of carbonyl (C=O) groups excluding carboxylic acids is 1. The minimum absolute atomic E-state index is 0.0651. The first-order valence-electron chi connectivity index (χ1n) is 7.60. The number of benzene rings is 2. The average molecular weight is 339 g/mol. The second-order valence-electron chi connectivity index (χ2n) is 5.45. The van der Waals surface area contributed by atoms with Gasteiger partial charge in [-0.2, -0.15) is 0 Å². The first kappa shape index (κ1) is 16.6. The number of methoxy groups -OCH3 is 2. The Labute approximate surface area is 144 Å². The number of rotatable bonds is 4. The van der Waals surface area contributed by atoms with E-state index in [2.05, 4.69) is 5.32 Å². The summed E-state index contributed by atoms with van der Waals surface area (Å²) in [5.41, 5.74) is 1.37. The molecule has 0 aliphatic heterocycles. The minimum Gasteiger partial charge on any atom is -0.497 e. The molecule has 0 unspecified atom stereocenters. The van der Waals surface area contributed by atoms with Crippen LogP contribution in [0.25, 0.3) is 11.0 Å². The molecular weight excluding hydrogens is 322 g/mol. The summed E-state index contributed by atoms with van der Waals surface area (Å²) in [6.07, 6.45) is 0. The topological polar surface area (TPSA) is 77.8 Å². The zero-order valence-corrected chi connectivity index (χ0v) is 14.1. The van der Waals surface area contributed by atoms with Crippen molar-refractivity contribution in [2.75, 3.05) is 19.5 Å². The van der Waals surface area contributed by atoms with E-state index in [1.807, 2.05) is 13.0 Å². The first-order valence-corrected chi connectivity index (χ1v) is 7.60. The molecule has 0 saturated heterocycles. The van der Waals surface area contributed by atoms with Gasteiger partial charge < -0.3 is 19.2 Å². The van der Waals surface area contributed by atoms with Gasteiger partial charge in [0, 0.05) is 12.1 Å². The highest BCUT2D eigenvalue weighted by Crippen LogP contribution is 2.29. The molecule has 0 spiro atoms. The Morgan fingerprint density at radius 1 is 1.08 bits per heavy atom. The maximum Gasteiger partial charge on any atom is 0.291 e. The average Bonchev–Trinajstić information content (AvgIpc) is 2.62. The van der Waals surface area contributed by atoms with Gasteiger partial charge in [-0.3, -0.25) is 9.59 Å². The third kappa shape index (κ3) is 3.19. The number of hydrogen-bond acceptors (Lipinski definition) is 5. The van der Waals surface area contributed by atoms with Crippen LogP contribution in [-0.2, 0) is 0 Å². The number of anilines is 1. The fraction of sp³-hybridized carbons (Fsp3) is 0.158. The predicted molar refractivity (Wildman–Crippen MR) is 94.7 cm³/mol. The number of para-hydroxylation sites is 1. The molecule has 0 aliphatic rings.